The first kappa shape index (κ1) is 42.1. The molecule has 0 spiro atoms. The maximum atomic E-state index is 13.4. The first-order valence-corrected chi connectivity index (χ1v) is 18.0. The number of Topliss-reactive ketones (excluding diaryl/α,β-unsaturated/α-hetero) is 1. The summed E-state index contributed by atoms with van der Waals surface area (Å²) in [6, 6.07) is 0. The number of aliphatic hydroxyl groups excluding tert-OH is 3. The molecule has 15 nitrogen and oxygen atoms in total. The number of ether oxygens (including phenoxy) is 8. The van der Waals surface area contributed by atoms with Gasteiger partial charge in [-0.25, -0.2) is 4.79 Å². The zero-order valence-electron chi connectivity index (χ0n) is 31.2. The van der Waals surface area contributed by atoms with Crippen LogP contribution in [0.2, 0.25) is 0 Å². The Morgan fingerprint density at radius 2 is 1.59 bits per heavy atom. The molecule has 0 aromatic carbocycles. The van der Waals surface area contributed by atoms with Crippen molar-refractivity contribution in [2.75, 3.05) is 20.8 Å². The second-order valence-electron chi connectivity index (χ2n) is 15.2. The van der Waals surface area contributed by atoms with Gasteiger partial charge < -0.3 is 63.4 Å². The highest BCUT2D eigenvalue weighted by Gasteiger charge is 2.53. The molecule has 0 amide bonds. The van der Waals surface area contributed by atoms with Gasteiger partial charge >= 0.3 is 5.97 Å². The molecule has 18 atom stereocenters. The van der Waals surface area contributed by atoms with Crippen LogP contribution in [0, 0.1) is 17.8 Å². The number of hydrogen-bond donors (Lipinski definition) is 5. The minimum Gasteiger partial charge on any atom is -0.459 e. The average molecular weight is 733 g/mol. The number of hydrogen-bond acceptors (Lipinski definition) is 15. The Hall–Kier alpha value is -1.60. The lowest BCUT2D eigenvalue weighted by Crippen LogP contribution is -2.63. The van der Waals surface area contributed by atoms with Gasteiger partial charge in [0.25, 0.3) is 0 Å². The van der Waals surface area contributed by atoms with Gasteiger partial charge in [0.2, 0.25) is 0 Å². The Bertz CT molecular complexity index is 1200. The van der Waals surface area contributed by atoms with Crippen molar-refractivity contribution in [1.82, 2.24) is 0 Å². The third kappa shape index (κ3) is 9.75. The molecular weight excluding hydrogens is 672 g/mol. The van der Waals surface area contributed by atoms with E-state index in [1.54, 1.807) is 40.7 Å². The van der Waals surface area contributed by atoms with Gasteiger partial charge in [0.15, 0.2) is 18.4 Å². The molecule has 4 heterocycles. The quantitative estimate of drug-likeness (QED) is 0.172. The lowest BCUT2D eigenvalue weighted by atomic mass is 9.80. The van der Waals surface area contributed by atoms with Gasteiger partial charge in [-0.2, -0.15) is 0 Å². The van der Waals surface area contributed by atoms with E-state index < -0.39 is 109 Å². The summed E-state index contributed by atoms with van der Waals surface area (Å²) in [5.74, 6) is -2.54. The fourth-order valence-corrected chi connectivity index (χ4v) is 7.78. The first-order chi connectivity index (χ1) is 23.8. The van der Waals surface area contributed by atoms with Crippen molar-refractivity contribution in [3.05, 3.63) is 12.2 Å². The number of esters is 1. The maximum absolute atomic E-state index is 13.4. The van der Waals surface area contributed by atoms with Crippen molar-refractivity contribution >= 4 is 11.8 Å². The van der Waals surface area contributed by atoms with Crippen molar-refractivity contribution in [3.63, 3.8) is 0 Å². The zero-order valence-corrected chi connectivity index (χ0v) is 31.2. The lowest BCUT2D eigenvalue weighted by Gasteiger charge is -2.47. The summed E-state index contributed by atoms with van der Waals surface area (Å²) >= 11 is 0. The summed E-state index contributed by atoms with van der Waals surface area (Å²) in [6.07, 6.45) is -7.85. The smallest absolute Gasteiger partial charge is 0.330 e. The van der Waals surface area contributed by atoms with E-state index in [0.717, 1.165) is 0 Å². The van der Waals surface area contributed by atoms with E-state index in [1.165, 1.54) is 34.1 Å². The molecule has 3 saturated heterocycles. The number of rotatable bonds is 8. The highest BCUT2D eigenvalue weighted by Crippen LogP contribution is 2.39. The predicted molar refractivity (Wildman–Crippen MR) is 179 cm³/mol. The topological polar surface area (TPSA) is 212 Å². The van der Waals surface area contributed by atoms with Crippen LogP contribution in [0.25, 0.3) is 0 Å². The summed E-state index contributed by atoms with van der Waals surface area (Å²) < 4.78 is 47.1. The van der Waals surface area contributed by atoms with E-state index in [-0.39, 0.29) is 37.8 Å². The van der Waals surface area contributed by atoms with E-state index in [4.69, 9.17) is 37.9 Å². The Kier molecular flexibility index (Phi) is 14.3. The molecule has 15 heteroatoms. The van der Waals surface area contributed by atoms with Gasteiger partial charge in [-0.1, -0.05) is 19.9 Å². The number of carbonyl (C=O) groups is 2. The lowest BCUT2D eigenvalue weighted by molar-refractivity contribution is -0.322. The van der Waals surface area contributed by atoms with Crippen molar-refractivity contribution in [1.29, 1.82) is 0 Å². The number of ketones is 1. The minimum absolute atomic E-state index is 0.0156. The van der Waals surface area contributed by atoms with Gasteiger partial charge in [0, 0.05) is 45.0 Å². The van der Waals surface area contributed by atoms with Crippen LogP contribution in [0.3, 0.4) is 0 Å². The summed E-state index contributed by atoms with van der Waals surface area (Å²) in [4.78, 5) is 26.6. The third-order valence-electron chi connectivity index (χ3n) is 11.1. The highest BCUT2D eigenvalue weighted by molar-refractivity contribution is 5.86. The van der Waals surface area contributed by atoms with Gasteiger partial charge in [0.1, 0.15) is 41.7 Å². The van der Waals surface area contributed by atoms with E-state index in [1.807, 2.05) is 0 Å². The van der Waals surface area contributed by atoms with Gasteiger partial charge in [-0.05, 0) is 53.4 Å². The third-order valence-corrected chi connectivity index (χ3v) is 11.1. The maximum Gasteiger partial charge on any atom is 0.330 e. The van der Waals surface area contributed by atoms with E-state index >= 15 is 0 Å². The number of carbonyl (C=O) groups excluding carboxylic acids is 2. The van der Waals surface area contributed by atoms with E-state index in [9.17, 15) is 35.1 Å². The first-order valence-electron chi connectivity index (χ1n) is 18.0. The second-order valence-corrected chi connectivity index (χ2v) is 15.2. The number of methoxy groups -OCH3 is 2. The SMILES string of the molecule is CO[C@@H]1[C@H](O)[C@@H](C)O[C@@H](OC[C@H]2[C@@H]3O[C@H]3CCC(=O)[C@@](C)(O)C[C@H](C)[C@H](O[C@@H]3O[C@H](C)C[C@](O)([C@H](C)O)[C@H]3O)[C@@H](C)C=CC(=O)O[C@@H]2C)[C@@H]1OC. The van der Waals surface area contributed by atoms with Crippen LogP contribution < -0.4 is 0 Å². The van der Waals surface area contributed by atoms with Crippen LogP contribution >= 0.6 is 0 Å². The number of cyclic esters (lactones) is 1. The number of epoxide rings is 1. The minimum atomic E-state index is -1.90. The van der Waals surface area contributed by atoms with E-state index in [0.29, 0.717) is 6.42 Å². The van der Waals surface area contributed by atoms with Gasteiger partial charge in [-0.15, -0.1) is 0 Å². The van der Waals surface area contributed by atoms with Crippen molar-refractivity contribution in [2.45, 2.75) is 165 Å². The molecule has 51 heavy (non-hydrogen) atoms. The fourth-order valence-electron chi connectivity index (χ4n) is 7.78. The van der Waals surface area contributed by atoms with Crippen molar-refractivity contribution in [3.8, 4) is 0 Å². The Morgan fingerprint density at radius 3 is 2.22 bits per heavy atom. The van der Waals surface area contributed by atoms with Crippen LogP contribution in [0.5, 0.6) is 0 Å². The molecular formula is C36H60O15. The number of fused-ring (bicyclic) bond motifs is 1. The molecule has 0 bridgehead atoms. The normalized spacial score (nSPS) is 48.1. The summed E-state index contributed by atoms with van der Waals surface area (Å²) in [5.41, 5.74) is -3.64. The van der Waals surface area contributed by atoms with Crippen LogP contribution in [0.4, 0.5) is 0 Å². The highest BCUT2D eigenvalue weighted by atomic mass is 16.7. The van der Waals surface area contributed by atoms with E-state index in [2.05, 4.69) is 0 Å². The second kappa shape index (κ2) is 17.2. The Morgan fingerprint density at radius 1 is 0.922 bits per heavy atom. The Labute approximate surface area is 300 Å². The van der Waals surface area contributed by atoms with Gasteiger partial charge in [-0.3, -0.25) is 4.79 Å². The number of aliphatic hydroxyl groups is 5. The molecule has 0 radical (unpaired) electrons. The molecule has 0 unspecified atom stereocenters. The van der Waals surface area contributed by atoms with Gasteiger partial charge in [0.05, 0.1) is 43.2 Å². The molecule has 0 aromatic rings. The monoisotopic (exact) mass is 732 g/mol. The molecule has 0 aliphatic carbocycles. The summed E-state index contributed by atoms with van der Waals surface area (Å²) in [7, 11) is 2.93. The molecule has 4 aliphatic rings. The molecule has 0 saturated carbocycles. The Balaban J connectivity index is 1.56. The molecule has 3 fully saturated rings. The van der Waals surface area contributed by atoms with Crippen LogP contribution in [-0.2, 0) is 47.5 Å². The largest absolute Gasteiger partial charge is 0.459 e. The van der Waals surface area contributed by atoms with Crippen molar-refractivity contribution < 1.29 is 73.0 Å². The fraction of sp³-hybridized carbons (Fsp3) is 0.889. The average Bonchev–Trinajstić information content (AvgIpc) is 3.82. The summed E-state index contributed by atoms with van der Waals surface area (Å²) in [6.45, 7) is 11.5. The summed E-state index contributed by atoms with van der Waals surface area (Å²) in [5, 5.41) is 54.5. The van der Waals surface area contributed by atoms with Crippen LogP contribution in [0.15, 0.2) is 12.2 Å². The molecule has 4 aliphatic heterocycles. The van der Waals surface area contributed by atoms with Crippen LogP contribution in [0.1, 0.15) is 74.1 Å². The molecule has 294 valence electrons. The van der Waals surface area contributed by atoms with Crippen molar-refractivity contribution in [2.24, 2.45) is 17.8 Å². The zero-order chi connectivity index (χ0) is 38.0. The standard InChI is InChI=1S/C36H60O15/c1-17-10-13-26(39)48-20(4)23(16-46-33-31(45-9)30(44-8)27(40)21(5)49-33)29-24(50-29)11-12-25(38)35(7,42)14-18(2)28(17)51-34-32(41)36(43,22(6)37)15-19(3)47-34/h10,13,17-24,27-34,37,40-43H,11-12,14-16H2,1-9H3/t17-,18-,19+,20+,21+,22-,23+,24-,27+,28+,29-,30+,31+,32-,33+,34-,35-,36-/m0/s1. The molecule has 4 rings (SSSR count). The van der Waals surface area contributed by atoms with Crippen LogP contribution in [-0.4, -0.2) is 149 Å². The molecule has 5 N–H and O–H groups in total. The molecule has 0 aromatic heterocycles. The predicted octanol–water partition coefficient (Wildman–Crippen LogP) is 0.779.